The summed E-state index contributed by atoms with van der Waals surface area (Å²) < 4.78 is 64.0. The molecule has 0 aliphatic heterocycles. The van der Waals surface area contributed by atoms with Crippen LogP contribution in [0, 0.1) is 19.0 Å². The van der Waals surface area contributed by atoms with E-state index in [1.54, 1.807) is 12.3 Å². The fraction of sp³-hybridized carbons (Fsp3) is 0.214. The molecular weight excluding hydrogens is 755 g/mol. The van der Waals surface area contributed by atoms with Crippen LogP contribution in [0.2, 0.25) is 0 Å². The van der Waals surface area contributed by atoms with E-state index in [0.29, 0.717) is 28.2 Å². The van der Waals surface area contributed by atoms with Crippen LogP contribution in [-0.2, 0) is 26.5 Å². The predicted octanol–water partition coefficient (Wildman–Crippen LogP) is 11.2. The minimum absolute atomic E-state index is 0. The van der Waals surface area contributed by atoms with Crippen molar-refractivity contribution in [1.82, 2.24) is 15.0 Å². The zero-order valence-electron chi connectivity index (χ0n) is 33.9. The first-order valence-electron chi connectivity index (χ1n) is 18.6. The van der Waals surface area contributed by atoms with Crippen molar-refractivity contribution < 1.29 is 34.1 Å². The van der Waals surface area contributed by atoms with E-state index >= 15 is 0 Å². The SMILES string of the molecule is [2H]C([2H])([2H])c1cc(-c2[c-]ccc3c2oc2nc(-c4c(C([2H])(C)C)cccc4C([2H])(C)C)ccc23)ncc1C([2H])([2H])C.[Ir].[c-]1ccccc1-c1ccccn1. The molecule has 4 aromatic heterocycles. The average molecular weight is 801 g/mol. The van der Waals surface area contributed by atoms with Gasteiger partial charge in [-0.2, -0.15) is 0 Å². The summed E-state index contributed by atoms with van der Waals surface area (Å²) in [6.45, 7) is 6.00. The Morgan fingerprint density at radius 3 is 2.26 bits per heavy atom. The molecule has 0 saturated carbocycles. The van der Waals surface area contributed by atoms with Gasteiger partial charge in [0.15, 0.2) is 0 Å². The molecule has 0 fully saturated rings. The second kappa shape index (κ2) is 15.0. The molecule has 4 nitrogen and oxygen atoms in total. The summed E-state index contributed by atoms with van der Waals surface area (Å²) in [6, 6.07) is 34.3. The van der Waals surface area contributed by atoms with Crippen LogP contribution in [0.3, 0.4) is 0 Å². The first kappa shape index (κ1) is 25.6. The number of nitrogens with zero attached hydrogens (tertiary/aromatic N) is 3. The summed E-state index contributed by atoms with van der Waals surface area (Å²) in [6.07, 6.45) is 1.17. The zero-order chi connectivity index (χ0) is 38.3. The van der Waals surface area contributed by atoms with Gasteiger partial charge in [-0.05, 0) is 71.3 Å². The number of hydrogen-bond donors (Lipinski definition) is 0. The Bertz CT molecular complexity index is 2330. The fourth-order valence-corrected chi connectivity index (χ4v) is 5.48. The summed E-state index contributed by atoms with van der Waals surface area (Å²) in [5.41, 5.74) is 6.25. The molecule has 0 unspecified atom stereocenters. The van der Waals surface area contributed by atoms with Crippen molar-refractivity contribution in [3.05, 3.63) is 138 Å². The normalized spacial score (nSPS) is 14.3. The second-order valence-corrected chi connectivity index (χ2v) is 11.3. The molecule has 47 heavy (non-hydrogen) atoms. The molecule has 1 radical (unpaired) electrons. The Balaban J connectivity index is 0.000000365. The molecular formula is C42H39IrN3O-2. The van der Waals surface area contributed by atoms with Crippen LogP contribution >= 0.6 is 0 Å². The molecule has 0 aliphatic rings. The van der Waals surface area contributed by atoms with E-state index in [-0.39, 0.29) is 31.2 Å². The van der Waals surface area contributed by atoms with Crippen molar-refractivity contribution in [3.8, 4) is 33.8 Å². The molecule has 0 bridgehead atoms. The molecule has 3 aromatic carbocycles. The molecule has 0 aliphatic carbocycles. The fourth-order valence-electron chi connectivity index (χ4n) is 5.48. The van der Waals surface area contributed by atoms with Crippen LogP contribution in [-0.4, -0.2) is 15.0 Å². The summed E-state index contributed by atoms with van der Waals surface area (Å²) in [5, 5.41) is 1.49. The van der Waals surface area contributed by atoms with Gasteiger partial charge < -0.3 is 14.4 Å². The van der Waals surface area contributed by atoms with Gasteiger partial charge in [0.05, 0.1) is 11.3 Å². The third-order valence-electron chi connectivity index (χ3n) is 7.78. The molecule has 5 heteroatoms. The van der Waals surface area contributed by atoms with Crippen molar-refractivity contribution in [3.63, 3.8) is 0 Å². The van der Waals surface area contributed by atoms with E-state index in [0.717, 1.165) is 38.7 Å². The van der Waals surface area contributed by atoms with Crippen molar-refractivity contribution in [2.75, 3.05) is 0 Å². The maximum absolute atomic E-state index is 8.77. The minimum Gasteiger partial charge on any atom is -0.486 e. The quantitative estimate of drug-likeness (QED) is 0.157. The second-order valence-electron chi connectivity index (χ2n) is 11.3. The summed E-state index contributed by atoms with van der Waals surface area (Å²) >= 11 is 0. The number of furan rings is 1. The van der Waals surface area contributed by atoms with Gasteiger partial charge in [-0.1, -0.05) is 87.5 Å². The molecule has 0 atom stereocenters. The Morgan fingerprint density at radius 1 is 0.809 bits per heavy atom. The van der Waals surface area contributed by atoms with Crippen LogP contribution in [0.25, 0.3) is 55.8 Å². The van der Waals surface area contributed by atoms with Crippen LogP contribution in [0.5, 0.6) is 0 Å². The number of pyridine rings is 3. The van der Waals surface area contributed by atoms with Crippen molar-refractivity contribution in [2.45, 2.75) is 59.6 Å². The monoisotopic (exact) mass is 801 g/mol. The van der Waals surface area contributed by atoms with E-state index in [9.17, 15) is 0 Å². The molecule has 239 valence electrons. The van der Waals surface area contributed by atoms with Crippen LogP contribution in [0.4, 0.5) is 0 Å². The standard InChI is InChI=1S/C31H31N2O.C11H8N.Ir/c1-7-21-17-32-28(16-20(21)6)26-13-9-12-24-25-14-15-27(33-31(25)34-30(24)26)29-22(18(2)3)10-8-11-23(29)19(4)5;1-2-6-10(7-3-1)11-8-4-5-9-12-11;/h8-12,14-19H,7H2,1-6H3;1-6,8-9H;/q2*-1;/i6D3,7D2,18D,19D;;. The number of rotatable bonds is 6. The molecule has 7 rings (SSSR count). The molecule has 7 aromatic rings. The number of fused-ring (bicyclic) bond motifs is 3. The van der Waals surface area contributed by atoms with E-state index in [2.05, 4.69) is 22.1 Å². The van der Waals surface area contributed by atoms with Crippen LogP contribution in [0.15, 0.2) is 108 Å². The molecule has 0 N–H and O–H groups in total. The number of aryl methyl sites for hydroxylation is 2. The molecule has 0 amide bonds. The smallest absolute Gasteiger partial charge is 0.216 e. The maximum atomic E-state index is 8.77. The molecule has 0 saturated heterocycles. The summed E-state index contributed by atoms with van der Waals surface area (Å²) in [7, 11) is 0. The minimum atomic E-state index is -2.54. The van der Waals surface area contributed by atoms with Gasteiger partial charge in [-0.25, -0.2) is 4.98 Å². The van der Waals surface area contributed by atoms with Gasteiger partial charge in [-0.3, -0.25) is 0 Å². The van der Waals surface area contributed by atoms with E-state index in [1.807, 2.05) is 107 Å². The van der Waals surface area contributed by atoms with Gasteiger partial charge in [0.2, 0.25) is 5.71 Å². The van der Waals surface area contributed by atoms with E-state index in [4.69, 9.17) is 19.0 Å². The Labute approximate surface area is 301 Å². The van der Waals surface area contributed by atoms with Crippen molar-refractivity contribution >= 4 is 22.1 Å². The Morgan fingerprint density at radius 2 is 1.60 bits per heavy atom. The van der Waals surface area contributed by atoms with Gasteiger partial charge in [0.1, 0.15) is 0 Å². The van der Waals surface area contributed by atoms with Crippen molar-refractivity contribution in [1.29, 1.82) is 0 Å². The topological polar surface area (TPSA) is 51.8 Å². The van der Waals surface area contributed by atoms with Gasteiger partial charge in [-0.15, -0.1) is 54.1 Å². The van der Waals surface area contributed by atoms with Crippen LogP contribution in [0.1, 0.15) is 78.3 Å². The summed E-state index contributed by atoms with van der Waals surface area (Å²) in [5.74, 6) is -1.87. The van der Waals surface area contributed by atoms with Gasteiger partial charge >= 0.3 is 0 Å². The zero-order valence-corrected chi connectivity index (χ0v) is 29.3. The maximum Gasteiger partial charge on any atom is 0.216 e. The number of aromatic nitrogens is 3. The average Bonchev–Trinajstić information content (AvgIpc) is 3.49. The third-order valence-corrected chi connectivity index (χ3v) is 7.78. The number of benzene rings is 3. The first-order valence-corrected chi connectivity index (χ1v) is 15.1. The van der Waals surface area contributed by atoms with Crippen LogP contribution < -0.4 is 0 Å². The first-order chi connectivity index (χ1) is 24.8. The molecule has 4 heterocycles. The third kappa shape index (κ3) is 7.12. The largest absolute Gasteiger partial charge is 0.486 e. The number of hydrogen-bond acceptors (Lipinski definition) is 4. The summed E-state index contributed by atoms with van der Waals surface area (Å²) in [4.78, 5) is 13.5. The Kier molecular flexibility index (Phi) is 8.17. The van der Waals surface area contributed by atoms with Gasteiger partial charge in [0.25, 0.3) is 0 Å². The molecule has 0 spiro atoms. The van der Waals surface area contributed by atoms with E-state index in [1.165, 1.54) is 19.2 Å². The van der Waals surface area contributed by atoms with Crippen molar-refractivity contribution in [2.24, 2.45) is 0 Å². The predicted molar refractivity (Wildman–Crippen MR) is 190 cm³/mol. The van der Waals surface area contributed by atoms with Gasteiger partial charge in [0, 0.05) is 53.0 Å². The Hall–Kier alpha value is -4.44. The van der Waals surface area contributed by atoms with E-state index < -0.39 is 25.0 Å².